The van der Waals surface area contributed by atoms with Crippen LogP contribution in [-0.4, -0.2) is 42.1 Å². The molecule has 0 bridgehead atoms. The van der Waals surface area contributed by atoms with Crippen molar-refractivity contribution in [2.45, 2.75) is 23.8 Å². The van der Waals surface area contributed by atoms with Gasteiger partial charge in [0.05, 0.1) is 6.20 Å². The van der Waals surface area contributed by atoms with Crippen LogP contribution in [0, 0.1) is 0 Å². The molecule has 1 fully saturated rings. The molecule has 84 valence electrons. The van der Waals surface area contributed by atoms with E-state index < -0.39 is 10.0 Å². The molecule has 2 heterocycles. The number of aromatic amines is 1. The molecule has 1 aromatic heterocycles. The van der Waals surface area contributed by atoms with Gasteiger partial charge in [0.2, 0.25) is 10.0 Å². The molecule has 7 heteroatoms. The van der Waals surface area contributed by atoms with Gasteiger partial charge in [0.1, 0.15) is 4.90 Å². The predicted molar refractivity (Wildman–Crippen MR) is 54.6 cm³/mol. The summed E-state index contributed by atoms with van der Waals surface area (Å²) in [6, 6.07) is -0.0552. The Balaban J connectivity index is 2.22. The number of nitrogens with one attached hydrogen (secondary N) is 1. The third-order valence-corrected chi connectivity index (χ3v) is 4.36. The SMILES string of the molecule is NC1CCCN(S(=O)(=O)c2cn[nH]c2)C1. The molecule has 0 spiro atoms. The molecule has 0 aliphatic carbocycles. The van der Waals surface area contributed by atoms with E-state index in [1.807, 2.05) is 0 Å². The molecular weight excluding hydrogens is 216 g/mol. The highest BCUT2D eigenvalue weighted by molar-refractivity contribution is 7.89. The molecule has 1 aromatic rings. The van der Waals surface area contributed by atoms with Crippen LogP contribution in [0.1, 0.15) is 12.8 Å². The van der Waals surface area contributed by atoms with Gasteiger partial charge in [0.25, 0.3) is 0 Å². The van der Waals surface area contributed by atoms with E-state index in [2.05, 4.69) is 10.2 Å². The van der Waals surface area contributed by atoms with E-state index in [0.29, 0.717) is 13.1 Å². The van der Waals surface area contributed by atoms with Gasteiger partial charge in [-0.2, -0.15) is 9.40 Å². The monoisotopic (exact) mass is 230 g/mol. The Morgan fingerprint density at radius 2 is 2.40 bits per heavy atom. The number of hydrogen-bond donors (Lipinski definition) is 2. The summed E-state index contributed by atoms with van der Waals surface area (Å²) in [7, 11) is -3.39. The van der Waals surface area contributed by atoms with E-state index in [0.717, 1.165) is 12.8 Å². The van der Waals surface area contributed by atoms with E-state index >= 15 is 0 Å². The third kappa shape index (κ3) is 2.04. The number of rotatable bonds is 2. The van der Waals surface area contributed by atoms with Gasteiger partial charge in [-0.05, 0) is 12.8 Å². The Labute approximate surface area is 88.5 Å². The lowest BCUT2D eigenvalue weighted by atomic mass is 10.1. The molecule has 1 aliphatic heterocycles. The minimum absolute atomic E-state index is 0.0552. The average Bonchev–Trinajstić information content (AvgIpc) is 2.71. The van der Waals surface area contributed by atoms with Gasteiger partial charge in [-0.1, -0.05) is 0 Å². The van der Waals surface area contributed by atoms with Gasteiger partial charge in [0.15, 0.2) is 0 Å². The summed E-state index contributed by atoms with van der Waals surface area (Å²) in [4.78, 5) is 0.205. The Morgan fingerprint density at radius 1 is 1.60 bits per heavy atom. The molecular formula is C8H14N4O2S. The lowest BCUT2D eigenvalue weighted by molar-refractivity contribution is 0.316. The first-order valence-electron chi connectivity index (χ1n) is 4.85. The van der Waals surface area contributed by atoms with Crippen molar-refractivity contribution in [2.24, 2.45) is 5.73 Å². The molecule has 3 N–H and O–H groups in total. The van der Waals surface area contributed by atoms with Gasteiger partial charge in [-0.15, -0.1) is 0 Å². The molecule has 1 aliphatic rings. The average molecular weight is 230 g/mol. The van der Waals surface area contributed by atoms with E-state index in [9.17, 15) is 8.42 Å². The van der Waals surface area contributed by atoms with Gasteiger partial charge < -0.3 is 5.73 Å². The van der Waals surface area contributed by atoms with Crippen molar-refractivity contribution in [3.63, 3.8) is 0 Å². The molecule has 1 unspecified atom stereocenters. The van der Waals surface area contributed by atoms with Crippen molar-refractivity contribution in [1.29, 1.82) is 0 Å². The fraction of sp³-hybridized carbons (Fsp3) is 0.625. The van der Waals surface area contributed by atoms with Crippen LogP contribution in [0.5, 0.6) is 0 Å². The fourth-order valence-electron chi connectivity index (χ4n) is 1.72. The molecule has 1 atom stereocenters. The summed E-state index contributed by atoms with van der Waals surface area (Å²) in [6.07, 6.45) is 4.40. The van der Waals surface area contributed by atoms with Gasteiger partial charge in [-0.3, -0.25) is 5.10 Å². The molecule has 0 amide bonds. The van der Waals surface area contributed by atoms with Crippen LogP contribution in [0.25, 0.3) is 0 Å². The summed E-state index contributed by atoms with van der Waals surface area (Å²) < 4.78 is 25.4. The number of piperidine rings is 1. The fourth-order valence-corrected chi connectivity index (χ4v) is 3.16. The van der Waals surface area contributed by atoms with Crippen molar-refractivity contribution in [1.82, 2.24) is 14.5 Å². The summed E-state index contributed by atoms with van der Waals surface area (Å²) >= 11 is 0. The molecule has 0 saturated carbocycles. The lowest BCUT2D eigenvalue weighted by Gasteiger charge is -2.29. The largest absolute Gasteiger partial charge is 0.327 e. The first-order chi connectivity index (χ1) is 7.10. The predicted octanol–water partition coefficient (Wildman–Crippen LogP) is -0.479. The highest BCUT2D eigenvalue weighted by Crippen LogP contribution is 2.18. The maximum atomic E-state index is 12.0. The van der Waals surface area contributed by atoms with Crippen LogP contribution >= 0.6 is 0 Å². The number of H-pyrrole nitrogens is 1. The Bertz CT molecular complexity index is 414. The van der Waals surface area contributed by atoms with E-state index in [-0.39, 0.29) is 10.9 Å². The van der Waals surface area contributed by atoms with Crippen LogP contribution < -0.4 is 5.73 Å². The molecule has 1 saturated heterocycles. The second-order valence-electron chi connectivity index (χ2n) is 3.70. The van der Waals surface area contributed by atoms with Crippen molar-refractivity contribution < 1.29 is 8.42 Å². The third-order valence-electron chi connectivity index (χ3n) is 2.53. The standard InChI is InChI=1S/C8H14N4O2S/c9-7-2-1-3-12(6-7)15(13,14)8-4-10-11-5-8/h4-5,7H,1-3,6,9H2,(H,10,11). The minimum Gasteiger partial charge on any atom is -0.327 e. The first kappa shape index (κ1) is 10.6. The first-order valence-corrected chi connectivity index (χ1v) is 6.29. The summed E-state index contributed by atoms with van der Waals surface area (Å²) in [5.41, 5.74) is 5.75. The minimum atomic E-state index is -3.39. The zero-order valence-corrected chi connectivity index (χ0v) is 9.07. The van der Waals surface area contributed by atoms with Crippen molar-refractivity contribution in [2.75, 3.05) is 13.1 Å². The summed E-state index contributed by atoms with van der Waals surface area (Å²) in [6.45, 7) is 0.939. The number of aromatic nitrogens is 2. The van der Waals surface area contributed by atoms with Crippen molar-refractivity contribution in [3.8, 4) is 0 Å². The Morgan fingerprint density at radius 3 is 3.00 bits per heavy atom. The molecule has 2 rings (SSSR count). The van der Waals surface area contributed by atoms with Crippen molar-refractivity contribution in [3.05, 3.63) is 12.4 Å². The van der Waals surface area contributed by atoms with Crippen LogP contribution in [0.2, 0.25) is 0 Å². The van der Waals surface area contributed by atoms with Gasteiger partial charge in [0, 0.05) is 25.3 Å². The summed E-state index contributed by atoms with van der Waals surface area (Å²) in [5.74, 6) is 0. The topological polar surface area (TPSA) is 92.1 Å². The van der Waals surface area contributed by atoms with E-state index in [4.69, 9.17) is 5.73 Å². The van der Waals surface area contributed by atoms with Gasteiger partial charge in [-0.25, -0.2) is 8.42 Å². The van der Waals surface area contributed by atoms with Gasteiger partial charge >= 0.3 is 0 Å². The molecule has 0 radical (unpaired) electrons. The maximum Gasteiger partial charge on any atom is 0.246 e. The number of nitrogens with two attached hydrogens (primary N) is 1. The number of sulfonamides is 1. The molecule has 15 heavy (non-hydrogen) atoms. The zero-order chi connectivity index (χ0) is 10.9. The maximum absolute atomic E-state index is 12.0. The number of nitrogens with zero attached hydrogens (tertiary/aromatic N) is 2. The van der Waals surface area contributed by atoms with Crippen LogP contribution in [0.3, 0.4) is 0 Å². The smallest absolute Gasteiger partial charge is 0.246 e. The molecule has 0 aromatic carbocycles. The van der Waals surface area contributed by atoms with Crippen LogP contribution in [0.15, 0.2) is 17.3 Å². The second-order valence-corrected chi connectivity index (χ2v) is 5.64. The number of hydrogen-bond acceptors (Lipinski definition) is 4. The second kappa shape index (κ2) is 3.92. The van der Waals surface area contributed by atoms with Crippen LogP contribution in [-0.2, 0) is 10.0 Å². The zero-order valence-electron chi connectivity index (χ0n) is 8.26. The van der Waals surface area contributed by atoms with E-state index in [1.165, 1.54) is 16.7 Å². The highest BCUT2D eigenvalue weighted by atomic mass is 32.2. The van der Waals surface area contributed by atoms with E-state index in [1.54, 1.807) is 0 Å². The quantitative estimate of drug-likeness (QED) is 0.718. The normalized spacial score (nSPS) is 24.2. The Kier molecular flexibility index (Phi) is 2.76. The summed E-state index contributed by atoms with van der Waals surface area (Å²) in [5, 5.41) is 6.14. The van der Waals surface area contributed by atoms with Crippen molar-refractivity contribution >= 4 is 10.0 Å². The lowest BCUT2D eigenvalue weighted by Crippen LogP contribution is -2.45. The Hall–Kier alpha value is -0.920. The molecule has 6 nitrogen and oxygen atoms in total. The highest BCUT2D eigenvalue weighted by Gasteiger charge is 2.29. The van der Waals surface area contributed by atoms with Crippen LogP contribution in [0.4, 0.5) is 0 Å².